The number of phenolic OH excluding ortho intramolecular Hbond substituents is 1. The first-order valence-electron chi connectivity index (χ1n) is 11.4. The quantitative estimate of drug-likeness (QED) is 0.296. The van der Waals surface area contributed by atoms with Crippen molar-refractivity contribution >= 4 is 16.9 Å². The number of phenols is 1. The zero-order valence-corrected chi connectivity index (χ0v) is 20.6. The second-order valence-electron chi connectivity index (χ2n) is 8.37. The molecular formula is C28H24O9. The van der Waals surface area contributed by atoms with Gasteiger partial charge in [-0.2, -0.15) is 0 Å². The molecule has 0 unspecified atom stereocenters. The number of benzene rings is 3. The maximum atomic E-state index is 13.6. The fourth-order valence-electron chi connectivity index (χ4n) is 4.77. The molecule has 1 aliphatic rings. The van der Waals surface area contributed by atoms with Crippen molar-refractivity contribution in [2.24, 2.45) is 0 Å². The third-order valence-corrected chi connectivity index (χ3v) is 6.48. The predicted molar refractivity (Wildman–Crippen MR) is 134 cm³/mol. The highest BCUT2D eigenvalue weighted by atomic mass is 16.5. The van der Waals surface area contributed by atoms with Crippen molar-refractivity contribution < 1.29 is 38.0 Å². The third-order valence-electron chi connectivity index (χ3n) is 6.48. The molecule has 37 heavy (non-hydrogen) atoms. The lowest BCUT2D eigenvalue weighted by atomic mass is 9.84. The van der Waals surface area contributed by atoms with Crippen LogP contribution in [0.1, 0.15) is 23.5 Å². The van der Waals surface area contributed by atoms with Crippen LogP contribution in [0.3, 0.4) is 0 Å². The molecule has 0 saturated heterocycles. The highest BCUT2D eigenvalue weighted by molar-refractivity contribution is 5.94. The molecule has 0 aliphatic carbocycles. The molecule has 1 atom stereocenters. The lowest BCUT2D eigenvalue weighted by Gasteiger charge is -2.27. The van der Waals surface area contributed by atoms with Gasteiger partial charge in [0.2, 0.25) is 11.2 Å². The number of esters is 1. The van der Waals surface area contributed by atoms with E-state index >= 15 is 0 Å². The average molecular weight is 504 g/mol. The number of carbonyl (C=O) groups excluding carboxylic acids is 1. The first-order chi connectivity index (χ1) is 17.9. The van der Waals surface area contributed by atoms with Gasteiger partial charge >= 0.3 is 5.97 Å². The van der Waals surface area contributed by atoms with Crippen LogP contribution in [0.25, 0.3) is 22.1 Å². The summed E-state index contributed by atoms with van der Waals surface area (Å²) in [7, 11) is 6.03. The lowest BCUT2D eigenvalue weighted by molar-refractivity contribution is -0.135. The van der Waals surface area contributed by atoms with Crippen LogP contribution in [-0.2, 0) is 4.79 Å². The number of methoxy groups -OCH3 is 4. The van der Waals surface area contributed by atoms with Gasteiger partial charge in [-0.1, -0.05) is 18.2 Å². The predicted octanol–water partition coefficient (Wildman–Crippen LogP) is 4.64. The van der Waals surface area contributed by atoms with Gasteiger partial charge in [-0.25, -0.2) is 0 Å². The smallest absolute Gasteiger partial charge is 0.312 e. The van der Waals surface area contributed by atoms with Gasteiger partial charge in [0.25, 0.3) is 0 Å². The molecule has 1 aromatic heterocycles. The highest BCUT2D eigenvalue weighted by Crippen LogP contribution is 2.51. The largest absolute Gasteiger partial charge is 0.507 e. The molecule has 0 bridgehead atoms. The molecule has 9 nitrogen and oxygen atoms in total. The Morgan fingerprint density at radius 1 is 0.892 bits per heavy atom. The molecule has 0 amide bonds. The SMILES string of the molecule is COc1ccc(-c2coc3c4c(cc(O)c3c2=O)OC(=O)C[C@H]4c2ccc(OC)c(OC)c2OC)cc1. The Hall–Kier alpha value is -4.66. The van der Waals surface area contributed by atoms with Crippen LogP contribution < -0.4 is 29.1 Å². The van der Waals surface area contributed by atoms with E-state index in [4.69, 9.17) is 28.1 Å². The molecular weight excluding hydrogens is 480 g/mol. The molecule has 4 aromatic rings. The average Bonchev–Trinajstić information content (AvgIpc) is 2.91. The summed E-state index contributed by atoms with van der Waals surface area (Å²) in [6.07, 6.45) is 1.29. The normalized spacial score (nSPS) is 14.6. The Kier molecular flexibility index (Phi) is 6.12. The van der Waals surface area contributed by atoms with E-state index in [0.29, 0.717) is 39.7 Å². The minimum absolute atomic E-state index is 0.0190. The van der Waals surface area contributed by atoms with Crippen molar-refractivity contribution in [3.63, 3.8) is 0 Å². The number of hydrogen-bond donors (Lipinski definition) is 1. The summed E-state index contributed by atoms with van der Waals surface area (Å²) in [4.78, 5) is 26.2. The van der Waals surface area contributed by atoms with E-state index in [1.807, 2.05) is 0 Å². The minimum Gasteiger partial charge on any atom is -0.507 e. The first-order valence-corrected chi connectivity index (χ1v) is 11.4. The molecule has 1 N–H and O–H groups in total. The zero-order chi connectivity index (χ0) is 26.3. The summed E-state index contributed by atoms with van der Waals surface area (Å²) in [6.45, 7) is 0. The highest BCUT2D eigenvalue weighted by Gasteiger charge is 2.36. The van der Waals surface area contributed by atoms with Gasteiger partial charge in [0.05, 0.1) is 40.4 Å². The summed E-state index contributed by atoms with van der Waals surface area (Å²) in [5.74, 6) is 0.427. The number of hydrogen-bond acceptors (Lipinski definition) is 9. The fourth-order valence-corrected chi connectivity index (χ4v) is 4.77. The Balaban J connectivity index is 1.76. The Morgan fingerprint density at radius 2 is 1.62 bits per heavy atom. The van der Waals surface area contributed by atoms with Crippen molar-refractivity contribution in [1.29, 1.82) is 0 Å². The number of rotatable bonds is 6. The molecule has 9 heteroatoms. The molecule has 0 saturated carbocycles. The van der Waals surface area contributed by atoms with Crippen molar-refractivity contribution in [3.8, 4) is 45.6 Å². The van der Waals surface area contributed by atoms with Crippen molar-refractivity contribution in [2.75, 3.05) is 28.4 Å². The number of fused-ring (bicyclic) bond motifs is 3. The van der Waals surface area contributed by atoms with E-state index in [0.717, 1.165) is 0 Å². The summed E-state index contributed by atoms with van der Waals surface area (Å²) >= 11 is 0. The van der Waals surface area contributed by atoms with Gasteiger partial charge in [0.1, 0.15) is 34.5 Å². The molecule has 0 fully saturated rings. The van der Waals surface area contributed by atoms with Gasteiger partial charge < -0.3 is 33.2 Å². The monoisotopic (exact) mass is 504 g/mol. The summed E-state index contributed by atoms with van der Waals surface area (Å²) < 4.78 is 33.2. The molecule has 190 valence electrons. The van der Waals surface area contributed by atoms with Crippen LogP contribution in [0.15, 0.2) is 57.9 Å². The van der Waals surface area contributed by atoms with Gasteiger partial charge in [-0.15, -0.1) is 0 Å². The van der Waals surface area contributed by atoms with E-state index in [9.17, 15) is 14.7 Å². The van der Waals surface area contributed by atoms with E-state index < -0.39 is 17.3 Å². The van der Waals surface area contributed by atoms with Crippen molar-refractivity contribution in [1.82, 2.24) is 0 Å². The zero-order valence-electron chi connectivity index (χ0n) is 20.6. The van der Waals surface area contributed by atoms with Crippen LogP contribution in [-0.4, -0.2) is 39.5 Å². The molecule has 0 radical (unpaired) electrons. The number of aromatic hydroxyl groups is 1. The van der Waals surface area contributed by atoms with Gasteiger partial charge in [-0.3, -0.25) is 9.59 Å². The van der Waals surface area contributed by atoms with Gasteiger partial charge in [0, 0.05) is 23.1 Å². The molecule has 5 rings (SSSR count). The second kappa shape index (κ2) is 9.42. The molecule has 1 aliphatic heterocycles. The summed E-state index contributed by atoms with van der Waals surface area (Å²) in [5.41, 5.74) is 1.59. The van der Waals surface area contributed by atoms with Gasteiger partial charge in [-0.05, 0) is 23.8 Å². The Labute approximate surface area is 211 Å². The summed E-state index contributed by atoms with van der Waals surface area (Å²) in [6, 6.07) is 11.6. The van der Waals surface area contributed by atoms with Crippen LogP contribution in [0, 0.1) is 0 Å². The standard InChI is InChI=1S/C28H24O9/c1-32-15-7-5-14(6-8-15)18-13-36-28-23-17(16-9-10-20(33-2)27(35-4)26(16)34-3)11-22(30)37-21(23)12-19(29)24(28)25(18)31/h5-10,12-13,17,29H,11H2,1-4H3/t17-/m0/s1. The number of carbonyl (C=O) groups is 1. The van der Waals surface area contributed by atoms with E-state index in [-0.39, 0.29) is 34.5 Å². The Morgan fingerprint density at radius 3 is 2.27 bits per heavy atom. The van der Waals surface area contributed by atoms with Crippen LogP contribution in [0.5, 0.6) is 34.5 Å². The van der Waals surface area contributed by atoms with Gasteiger partial charge in [0.15, 0.2) is 11.5 Å². The maximum Gasteiger partial charge on any atom is 0.312 e. The second-order valence-corrected chi connectivity index (χ2v) is 8.37. The topological polar surface area (TPSA) is 114 Å². The first kappa shape index (κ1) is 24.1. The fraction of sp³-hybridized carbons (Fsp3) is 0.214. The van der Waals surface area contributed by atoms with E-state index in [2.05, 4.69) is 0 Å². The minimum atomic E-state index is -0.621. The molecule has 3 aromatic carbocycles. The van der Waals surface area contributed by atoms with Crippen LogP contribution >= 0.6 is 0 Å². The van der Waals surface area contributed by atoms with Crippen molar-refractivity contribution in [3.05, 3.63) is 70.1 Å². The van der Waals surface area contributed by atoms with E-state index in [1.54, 1.807) is 43.5 Å². The third kappa shape index (κ3) is 3.88. The van der Waals surface area contributed by atoms with Crippen molar-refractivity contribution in [2.45, 2.75) is 12.3 Å². The number of ether oxygens (including phenoxy) is 5. The van der Waals surface area contributed by atoms with Crippen LogP contribution in [0.4, 0.5) is 0 Å². The Bertz CT molecular complexity index is 1570. The molecule has 0 spiro atoms. The molecule has 2 heterocycles. The van der Waals surface area contributed by atoms with E-state index in [1.165, 1.54) is 33.7 Å². The van der Waals surface area contributed by atoms with Crippen LogP contribution in [0.2, 0.25) is 0 Å². The summed E-state index contributed by atoms with van der Waals surface area (Å²) in [5, 5.41) is 10.8. The maximum absolute atomic E-state index is 13.6. The lowest BCUT2D eigenvalue weighted by Crippen LogP contribution is -2.22.